The van der Waals surface area contributed by atoms with Crippen LogP contribution in [0, 0.1) is 6.92 Å². The largest absolute Gasteiger partial charge is 0.333 e. The molecule has 0 saturated carbocycles. The molecule has 0 heterocycles. The summed E-state index contributed by atoms with van der Waals surface area (Å²) in [7, 11) is 1.50. The van der Waals surface area contributed by atoms with Crippen LogP contribution in [0.2, 0.25) is 0 Å². The summed E-state index contributed by atoms with van der Waals surface area (Å²) in [6.07, 6.45) is 7.04. The van der Waals surface area contributed by atoms with Crippen molar-refractivity contribution < 1.29 is 0 Å². The van der Waals surface area contributed by atoms with Crippen LogP contribution in [0.15, 0.2) is 64.9 Å². The van der Waals surface area contributed by atoms with Crippen LogP contribution in [-0.2, 0) is 0 Å². The molecule has 2 N–H and O–H groups in total. The first-order chi connectivity index (χ1) is 9.24. The summed E-state index contributed by atoms with van der Waals surface area (Å²) < 4.78 is 0. The van der Waals surface area contributed by atoms with Gasteiger partial charge in [0.15, 0.2) is 0 Å². The van der Waals surface area contributed by atoms with Crippen LogP contribution in [0.4, 0.5) is 0 Å². The average Bonchev–Trinajstić information content (AvgIpc) is 2.46. The molecule has 1 aromatic rings. The van der Waals surface area contributed by atoms with Crippen molar-refractivity contribution in [3.63, 3.8) is 0 Å². The summed E-state index contributed by atoms with van der Waals surface area (Å²) in [5.41, 5.74) is 7.32. The van der Waals surface area contributed by atoms with E-state index in [1.54, 1.807) is 0 Å². The maximum Gasteiger partial charge on any atom is 0.0122 e. The topological polar surface area (TPSA) is 26.0 Å². The van der Waals surface area contributed by atoms with E-state index in [1.165, 1.54) is 40.8 Å². The lowest BCUT2D eigenvalue weighted by atomic mass is 10.1. The lowest BCUT2D eigenvalue weighted by molar-refractivity contribution is 0.958. The van der Waals surface area contributed by atoms with Gasteiger partial charge >= 0.3 is 0 Å². The molecule has 0 atom stereocenters. The van der Waals surface area contributed by atoms with Crippen LogP contribution in [-0.4, -0.2) is 7.05 Å². The number of benzene rings is 1. The third-order valence-corrected chi connectivity index (χ3v) is 3.56. The average molecular weight is 275 g/mol. The van der Waals surface area contributed by atoms with Gasteiger partial charge in [0.25, 0.3) is 0 Å². The molecule has 0 saturated heterocycles. The van der Waals surface area contributed by atoms with Crippen LogP contribution in [0.5, 0.6) is 0 Å². The van der Waals surface area contributed by atoms with Gasteiger partial charge in [-0.25, -0.2) is 0 Å². The first kappa shape index (κ1) is 17.8. The van der Waals surface area contributed by atoms with E-state index in [4.69, 9.17) is 0 Å². The fraction of sp³-hybridized carbons (Fsp3) is 0.294. The SMILES string of the molecule is C=C.CC1=CC(Sc2ccc(C)cc2)=CCC1.CN. The Morgan fingerprint density at radius 2 is 1.63 bits per heavy atom. The summed E-state index contributed by atoms with van der Waals surface area (Å²) in [6, 6.07) is 8.72. The van der Waals surface area contributed by atoms with Gasteiger partial charge in [0.2, 0.25) is 0 Å². The van der Waals surface area contributed by atoms with Gasteiger partial charge < -0.3 is 5.73 Å². The fourth-order valence-electron chi connectivity index (χ4n) is 1.63. The molecule has 0 radical (unpaired) electrons. The molecule has 1 aliphatic rings. The molecule has 0 aliphatic heterocycles. The van der Waals surface area contributed by atoms with Crippen molar-refractivity contribution in [3.05, 3.63) is 65.6 Å². The highest BCUT2D eigenvalue weighted by atomic mass is 32.2. The van der Waals surface area contributed by atoms with Crippen molar-refractivity contribution in [2.24, 2.45) is 5.73 Å². The second kappa shape index (κ2) is 10.7. The molecule has 1 aromatic carbocycles. The lowest BCUT2D eigenvalue weighted by Crippen LogP contribution is -1.86. The molecule has 0 bridgehead atoms. The summed E-state index contributed by atoms with van der Waals surface area (Å²) in [6.45, 7) is 10.3. The molecule has 0 unspecified atom stereocenters. The van der Waals surface area contributed by atoms with Crippen LogP contribution >= 0.6 is 11.8 Å². The Balaban J connectivity index is 0.000000741. The normalized spacial score (nSPS) is 13.1. The molecular formula is C17H25NS. The van der Waals surface area contributed by atoms with Crippen LogP contribution in [0.1, 0.15) is 25.3 Å². The molecular weight excluding hydrogens is 250 g/mol. The highest BCUT2D eigenvalue weighted by Crippen LogP contribution is 2.31. The Morgan fingerprint density at radius 3 is 2.16 bits per heavy atom. The quantitative estimate of drug-likeness (QED) is 0.761. The van der Waals surface area contributed by atoms with Gasteiger partial charge in [-0.05, 0) is 51.9 Å². The zero-order valence-electron chi connectivity index (χ0n) is 12.3. The zero-order valence-corrected chi connectivity index (χ0v) is 13.1. The van der Waals surface area contributed by atoms with Gasteiger partial charge in [-0.2, -0.15) is 0 Å². The van der Waals surface area contributed by atoms with E-state index in [0.29, 0.717) is 0 Å². The van der Waals surface area contributed by atoms with Gasteiger partial charge in [0.1, 0.15) is 0 Å². The second-order valence-corrected chi connectivity index (χ2v) is 5.20. The van der Waals surface area contributed by atoms with Crippen molar-refractivity contribution in [3.8, 4) is 0 Å². The van der Waals surface area contributed by atoms with E-state index in [1.807, 2.05) is 11.8 Å². The van der Waals surface area contributed by atoms with Crippen LogP contribution < -0.4 is 5.73 Å². The van der Waals surface area contributed by atoms with Crippen molar-refractivity contribution in [1.82, 2.24) is 0 Å². The Hall–Kier alpha value is -1.25. The van der Waals surface area contributed by atoms with E-state index in [9.17, 15) is 0 Å². The molecule has 0 aromatic heterocycles. The summed E-state index contributed by atoms with van der Waals surface area (Å²) in [5, 5.41) is 0. The number of hydrogen-bond donors (Lipinski definition) is 1. The maximum absolute atomic E-state index is 4.50. The van der Waals surface area contributed by atoms with Crippen molar-refractivity contribution in [2.75, 3.05) is 7.05 Å². The second-order valence-electron chi connectivity index (χ2n) is 4.05. The summed E-state index contributed by atoms with van der Waals surface area (Å²) in [5.74, 6) is 0. The first-order valence-corrected chi connectivity index (χ1v) is 7.25. The molecule has 104 valence electrons. The summed E-state index contributed by atoms with van der Waals surface area (Å²) >= 11 is 1.86. The highest BCUT2D eigenvalue weighted by molar-refractivity contribution is 8.03. The standard InChI is InChI=1S/C14H16S.C2H4.CH5N/c1-11-6-8-13(9-7-11)15-14-5-3-4-12(2)10-14;2*1-2/h5-10H,3-4H2,1-2H3;1-2H2;2H2,1H3. The minimum absolute atomic E-state index is 1.19. The molecule has 19 heavy (non-hydrogen) atoms. The third kappa shape index (κ3) is 7.04. The van der Waals surface area contributed by atoms with Gasteiger partial charge in [-0.1, -0.05) is 41.1 Å². The van der Waals surface area contributed by atoms with Crippen LogP contribution in [0.3, 0.4) is 0 Å². The van der Waals surface area contributed by atoms with E-state index in [2.05, 4.69) is 69.2 Å². The first-order valence-electron chi connectivity index (χ1n) is 6.43. The molecule has 0 spiro atoms. The Labute approximate surface area is 122 Å². The van der Waals surface area contributed by atoms with E-state index >= 15 is 0 Å². The monoisotopic (exact) mass is 275 g/mol. The maximum atomic E-state index is 4.50. The van der Waals surface area contributed by atoms with E-state index in [0.717, 1.165) is 0 Å². The smallest absolute Gasteiger partial charge is 0.0122 e. The number of hydrogen-bond acceptors (Lipinski definition) is 2. The molecule has 0 amide bonds. The highest BCUT2D eigenvalue weighted by Gasteiger charge is 2.03. The van der Waals surface area contributed by atoms with E-state index in [-0.39, 0.29) is 0 Å². The molecule has 2 heteroatoms. The number of thioether (sulfide) groups is 1. The third-order valence-electron chi connectivity index (χ3n) is 2.53. The summed E-state index contributed by atoms with van der Waals surface area (Å²) in [4.78, 5) is 2.72. The van der Waals surface area contributed by atoms with Gasteiger partial charge in [-0.3, -0.25) is 0 Å². The van der Waals surface area contributed by atoms with E-state index < -0.39 is 0 Å². The lowest BCUT2D eigenvalue weighted by Gasteiger charge is -2.10. The van der Waals surface area contributed by atoms with Gasteiger partial charge in [0.05, 0.1) is 0 Å². The fourth-order valence-corrected chi connectivity index (χ4v) is 2.64. The molecule has 1 aliphatic carbocycles. The predicted octanol–water partition coefficient (Wildman–Crippen LogP) is 5.09. The number of rotatable bonds is 2. The molecule has 1 nitrogen and oxygen atoms in total. The minimum Gasteiger partial charge on any atom is -0.333 e. The van der Waals surface area contributed by atoms with Gasteiger partial charge in [-0.15, -0.1) is 13.2 Å². The van der Waals surface area contributed by atoms with Crippen LogP contribution in [0.25, 0.3) is 0 Å². The number of allylic oxidation sites excluding steroid dienone is 3. The Morgan fingerprint density at radius 1 is 1.05 bits per heavy atom. The minimum atomic E-state index is 1.19. The van der Waals surface area contributed by atoms with Gasteiger partial charge in [0, 0.05) is 9.80 Å². The Bertz CT molecular complexity index is 415. The zero-order chi connectivity index (χ0) is 14.7. The Kier molecular flexibility index (Phi) is 9.95. The molecule has 0 fully saturated rings. The molecule has 2 rings (SSSR count). The number of nitrogens with two attached hydrogens (primary N) is 1. The van der Waals surface area contributed by atoms with Crippen molar-refractivity contribution in [2.45, 2.75) is 31.6 Å². The van der Waals surface area contributed by atoms with Crippen molar-refractivity contribution in [1.29, 1.82) is 0 Å². The number of aryl methyl sites for hydroxylation is 1. The van der Waals surface area contributed by atoms with Crippen molar-refractivity contribution >= 4 is 11.8 Å². The predicted molar refractivity (Wildman–Crippen MR) is 89.5 cm³/mol.